The number of imide groups is 1. The first kappa shape index (κ1) is 13.3. The van der Waals surface area contributed by atoms with Crippen LogP contribution >= 0.6 is 0 Å². The third-order valence-corrected chi connectivity index (χ3v) is 4.95. The molecular formula is C15H19NO4. The molecule has 108 valence electrons. The average molecular weight is 277 g/mol. The molecule has 1 aliphatic heterocycles. The molecule has 2 aliphatic carbocycles. The minimum Gasteiger partial charge on any atom is -0.481 e. The van der Waals surface area contributed by atoms with Crippen molar-refractivity contribution in [2.75, 3.05) is 0 Å². The first-order chi connectivity index (χ1) is 9.59. The van der Waals surface area contributed by atoms with E-state index in [1.165, 1.54) is 4.90 Å². The van der Waals surface area contributed by atoms with Gasteiger partial charge in [0.15, 0.2) is 0 Å². The molecule has 2 fully saturated rings. The van der Waals surface area contributed by atoms with Gasteiger partial charge in [-0.25, -0.2) is 0 Å². The van der Waals surface area contributed by atoms with Crippen LogP contribution in [0, 0.1) is 17.8 Å². The number of carbonyl (C=O) groups is 3. The Labute approximate surface area is 117 Å². The van der Waals surface area contributed by atoms with Crippen LogP contribution in [0.5, 0.6) is 0 Å². The zero-order chi connectivity index (χ0) is 14.3. The van der Waals surface area contributed by atoms with Crippen LogP contribution in [0.3, 0.4) is 0 Å². The Morgan fingerprint density at radius 3 is 1.95 bits per heavy atom. The summed E-state index contributed by atoms with van der Waals surface area (Å²) in [6, 6.07) is -0.0869. The molecule has 5 nitrogen and oxygen atoms in total. The molecule has 3 aliphatic rings. The Morgan fingerprint density at radius 2 is 1.50 bits per heavy atom. The van der Waals surface area contributed by atoms with Crippen LogP contribution in [-0.4, -0.2) is 33.8 Å². The highest BCUT2D eigenvalue weighted by Crippen LogP contribution is 2.39. The number of allylic oxidation sites excluding steroid dienone is 2. The maximum atomic E-state index is 12.4. The summed E-state index contributed by atoms with van der Waals surface area (Å²) >= 11 is 0. The zero-order valence-corrected chi connectivity index (χ0v) is 11.3. The quantitative estimate of drug-likeness (QED) is 0.614. The van der Waals surface area contributed by atoms with E-state index in [0.29, 0.717) is 38.5 Å². The van der Waals surface area contributed by atoms with Gasteiger partial charge in [0.25, 0.3) is 0 Å². The van der Waals surface area contributed by atoms with Crippen molar-refractivity contribution in [2.45, 2.75) is 44.6 Å². The third kappa shape index (κ3) is 2.05. The van der Waals surface area contributed by atoms with Gasteiger partial charge in [0, 0.05) is 6.04 Å². The van der Waals surface area contributed by atoms with Crippen LogP contribution in [0.1, 0.15) is 38.5 Å². The van der Waals surface area contributed by atoms with Crippen molar-refractivity contribution >= 4 is 17.8 Å². The minimum absolute atomic E-state index is 0.0388. The number of aliphatic carboxylic acids is 1. The normalized spacial score (nSPS) is 37.1. The Hall–Kier alpha value is -1.65. The van der Waals surface area contributed by atoms with E-state index in [1.807, 2.05) is 12.2 Å². The summed E-state index contributed by atoms with van der Waals surface area (Å²) in [4.78, 5) is 37.3. The SMILES string of the molecule is O=C(O)C1CCC(N2C(=O)[C@H]3CC=CC[C@H]3C2=O)CC1. The molecule has 2 atom stereocenters. The summed E-state index contributed by atoms with van der Waals surface area (Å²) < 4.78 is 0. The van der Waals surface area contributed by atoms with Gasteiger partial charge >= 0.3 is 5.97 Å². The predicted octanol–water partition coefficient (Wildman–Crippen LogP) is 1.58. The van der Waals surface area contributed by atoms with Crippen molar-refractivity contribution in [1.82, 2.24) is 4.90 Å². The van der Waals surface area contributed by atoms with Gasteiger partial charge < -0.3 is 5.11 Å². The van der Waals surface area contributed by atoms with E-state index < -0.39 is 5.97 Å². The largest absolute Gasteiger partial charge is 0.481 e. The Balaban J connectivity index is 1.71. The van der Waals surface area contributed by atoms with E-state index >= 15 is 0 Å². The topological polar surface area (TPSA) is 74.7 Å². The third-order valence-electron chi connectivity index (χ3n) is 4.95. The van der Waals surface area contributed by atoms with Crippen molar-refractivity contribution < 1.29 is 19.5 Å². The van der Waals surface area contributed by atoms with Gasteiger partial charge in [-0.3, -0.25) is 19.3 Å². The van der Waals surface area contributed by atoms with Gasteiger partial charge in [-0.15, -0.1) is 0 Å². The number of hydrogen-bond donors (Lipinski definition) is 1. The number of nitrogens with zero attached hydrogens (tertiary/aromatic N) is 1. The molecule has 1 heterocycles. The second-order valence-electron chi connectivity index (χ2n) is 6.05. The highest BCUT2D eigenvalue weighted by molar-refractivity contribution is 6.05. The molecule has 0 bridgehead atoms. The molecule has 0 aromatic rings. The second kappa shape index (κ2) is 5.04. The smallest absolute Gasteiger partial charge is 0.306 e. The monoisotopic (exact) mass is 277 g/mol. The molecule has 0 aromatic carbocycles. The van der Waals surface area contributed by atoms with Gasteiger partial charge in [0.05, 0.1) is 17.8 Å². The van der Waals surface area contributed by atoms with E-state index in [9.17, 15) is 14.4 Å². The van der Waals surface area contributed by atoms with Crippen LogP contribution in [0.25, 0.3) is 0 Å². The molecule has 0 spiro atoms. The van der Waals surface area contributed by atoms with E-state index in [1.54, 1.807) is 0 Å². The molecule has 2 amide bonds. The van der Waals surface area contributed by atoms with Crippen molar-refractivity contribution in [3.8, 4) is 0 Å². The summed E-state index contributed by atoms with van der Waals surface area (Å²) in [5.41, 5.74) is 0. The van der Waals surface area contributed by atoms with Crippen molar-refractivity contribution in [3.05, 3.63) is 12.2 Å². The van der Waals surface area contributed by atoms with Crippen LogP contribution < -0.4 is 0 Å². The maximum Gasteiger partial charge on any atom is 0.306 e. The molecule has 5 heteroatoms. The Bertz CT molecular complexity index is 450. The van der Waals surface area contributed by atoms with Crippen LogP contribution in [-0.2, 0) is 14.4 Å². The number of carbonyl (C=O) groups excluding carboxylic acids is 2. The number of fused-ring (bicyclic) bond motifs is 1. The highest BCUT2D eigenvalue weighted by atomic mass is 16.4. The molecule has 0 unspecified atom stereocenters. The molecule has 20 heavy (non-hydrogen) atoms. The molecule has 1 saturated heterocycles. The second-order valence-corrected chi connectivity index (χ2v) is 6.05. The molecule has 3 rings (SSSR count). The van der Waals surface area contributed by atoms with Gasteiger partial charge in [-0.05, 0) is 38.5 Å². The van der Waals surface area contributed by atoms with Gasteiger partial charge in [0.2, 0.25) is 11.8 Å². The fourth-order valence-corrected chi connectivity index (χ4v) is 3.77. The van der Waals surface area contributed by atoms with E-state index in [-0.39, 0.29) is 35.6 Å². The molecule has 0 aromatic heterocycles. The van der Waals surface area contributed by atoms with Crippen LogP contribution in [0.15, 0.2) is 12.2 Å². The number of rotatable bonds is 2. The number of hydrogen-bond acceptors (Lipinski definition) is 3. The highest BCUT2D eigenvalue weighted by Gasteiger charge is 2.50. The van der Waals surface area contributed by atoms with Crippen LogP contribution in [0.2, 0.25) is 0 Å². The summed E-state index contributed by atoms with van der Waals surface area (Å²) in [5, 5.41) is 9.01. The van der Waals surface area contributed by atoms with E-state index in [2.05, 4.69) is 0 Å². The van der Waals surface area contributed by atoms with E-state index in [0.717, 1.165) is 0 Å². The molecule has 1 saturated carbocycles. The first-order valence-corrected chi connectivity index (χ1v) is 7.34. The maximum absolute atomic E-state index is 12.4. The molecular weight excluding hydrogens is 258 g/mol. The number of carboxylic acids is 1. The minimum atomic E-state index is -0.764. The summed E-state index contributed by atoms with van der Waals surface area (Å²) in [5.74, 6) is -1.51. The molecule has 0 radical (unpaired) electrons. The summed E-state index contributed by atoms with van der Waals surface area (Å²) in [6.45, 7) is 0. The van der Waals surface area contributed by atoms with E-state index in [4.69, 9.17) is 5.11 Å². The number of amides is 2. The fraction of sp³-hybridized carbons (Fsp3) is 0.667. The lowest BCUT2D eigenvalue weighted by Crippen LogP contribution is -2.43. The Kier molecular flexibility index (Phi) is 3.36. The predicted molar refractivity (Wildman–Crippen MR) is 70.6 cm³/mol. The molecule has 1 N–H and O–H groups in total. The first-order valence-electron chi connectivity index (χ1n) is 7.34. The lowest BCUT2D eigenvalue weighted by Gasteiger charge is -2.32. The van der Waals surface area contributed by atoms with Crippen molar-refractivity contribution in [1.29, 1.82) is 0 Å². The summed E-state index contributed by atoms with van der Waals surface area (Å²) in [6.07, 6.45) is 7.67. The van der Waals surface area contributed by atoms with Gasteiger partial charge in [0.1, 0.15) is 0 Å². The van der Waals surface area contributed by atoms with Crippen molar-refractivity contribution in [3.63, 3.8) is 0 Å². The zero-order valence-electron chi connectivity index (χ0n) is 11.3. The number of carboxylic acid groups (broad SMARTS) is 1. The summed E-state index contributed by atoms with van der Waals surface area (Å²) in [7, 11) is 0. The Morgan fingerprint density at radius 1 is 1.00 bits per heavy atom. The van der Waals surface area contributed by atoms with Gasteiger partial charge in [-0.1, -0.05) is 12.2 Å². The fourth-order valence-electron chi connectivity index (χ4n) is 3.77. The van der Waals surface area contributed by atoms with Gasteiger partial charge in [-0.2, -0.15) is 0 Å². The average Bonchev–Trinajstić information content (AvgIpc) is 2.72. The number of likely N-dealkylation sites (tertiary alicyclic amines) is 1. The lowest BCUT2D eigenvalue weighted by atomic mass is 9.85. The van der Waals surface area contributed by atoms with Crippen molar-refractivity contribution in [2.24, 2.45) is 17.8 Å². The standard InChI is InChI=1S/C15H19NO4/c17-13-11-3-1-2-4-12(11)14(18)16(13)10-7-5-9(6-8-10)15(19)20/h1-2,9-12H,3-8H2,(H,19,20)/t9?,10?,11-,12+. The van der Waals surface area contributed by atoms with Crippen LogP contribution in [0.4, 0.5) is 0 Å². The lowest BCUT2D eigenvalue weighted by molar-refractivity contribution is -0.145.